The van der Waals surface area contributed by atoms with E-state index in [0.29, 0.717) is 39.2 Å². The Morgan fingerprint density at radius 3 is 2.03 bits per heavy atom. The maximum atomic E-state index is 11.7. The fraction of sp³-hybridized carbons (Fsp3) is 0.0435. The molecule has 1 heterocycles. The first-order valence-corrected chi connectivity index (χ1v) is 9.42. The van der Waals surface area contributed by atoms with Crippen molar-refractivity contribution in [3.05, 3.63) is 83.4 Å². The van der Waals surface area contributed by atoms with Crippen molar-refractivity contribution < 1.29 is 14.6 Å². The molecule has 3 aromatic carbocycles. The number of carbonyl (C=O) groups is 1. The Morgan fingerprint density at radius 2 is 1.43 bits per heavy atom. The molecule has 0 radical (unpaired) electrons. The van der Waals surface area contributed by atoms with Crippen LogP contribution in [-0.2, 0) is 4.74 Å². The van der Waals surface area contributed by atoms with Crippen molar-refractivity contribution in [3.63, 3.8) is 0 Å². The second kappa shape index (κ2) is 8.31. The lowest BCUT2D eigenvalue weighted by atomic mass is 10.1. The van der Waals surface area contributed by atoms with Crippen LogP contribution >= 0.6 is 11.6 Å². The van der Waals surface area contributed by atoms with Gasteiger partial charge in [-0.15, -0.1) is 0 Å². The van der Waals surface area contributed by atoms with E-state index in [1.165, 1.54) is 13.2 Å². The third-order valence-corrected chi connectivity index (χ3v) is 4.67. The van der Waals surface area contributed by atoms with Crippen LogP contribution in [0.25, 0.3) is 34.2 Å². The average molecular weight is 418 g/mol. The number of carbonyl (C=O) groups excluding carboxylic acids is 1. The smallest absolute Gasteiger partial charge is 0.337 e. The third-order valence-electron chi connectivity index (χ3n) is 4.43. The molecule has 1 N–H and O–H groups in total. The van der Waals surface area contributed by atoms with Crippen molar-refractivity contribution in [3.8, 4) is 39.9 Å². The van der Waals surface area contributed by atoms with Crippen LogP contribution in [0.5, 0.6) is 5.75 Å². The number of hydrogen-bond donors (Lipinski definition) is 1. The van der Waals surface area contributed by atoms with Crippen LogP contribution in [0.4, 0.5) is 0 Å². The highest BCUT2D eigenvalue weighted by molar-refractivity contribution is 6.30. The molecule has 0 fully saturated rings. The van der Waals surface area contributed by atoms with E-state index < -0.39 is 5.97 Å². The Hall–Kier alpha value is -3.77. The van der Waals surface area contributed by atoms with E-state index in [9.17, 15) is 9.90 Å². The van der Waals surface area contributed by atoms with Crippen LogP contribution in [0.1, 0.15) is 10.4 Å². The molecule has 4 rings (SSSR count). The van der Waals surface area contributed by atoms with Gasteiger partial charge < -0.3 is 9.84 Å². The highest BCUT2D eigenvalue weighted by Crippen LogP contribution is 2.31. The maximum Gasteiger partial charge on any atom is 0.337 e. The molecule has 0 aliphatic carbocycles. The fourth-order valence-electron chi connectivity index (χ4n) is 2.91. The normalized spacial score (nSPS) is 10.6. The number of nitrogens with zero attached hydrogens (tertiary/aromatic N) is 3. The zero-order chi connectivity index (χ0) is 21.1. The molecule has 0 aliphatic heterocycles. The van der Waals surface area contributed by atoms with Gasteiger partial charge >= 0.3 is 5.97 Å². The lowest BCUT2D eigenvalue weighted by Gasteiger charge is -2.10. The van der Waals surface area contributed by atoms with Crippen molar-refractivity contribution in [2.24, 2.45) is 0 Å². The van der Waals surface area contributed by atoms with Gasteiger partial charge in [0.1, 0.15) is 5.75 Å². The SMILES string of the molecule is COC(=O)c1ccc(-c2nc(-c3ccccc3)nc(-c3ccc(Cl)cc3O)n2)cc1. The average Bonchev–Trinajstić information content (AvgIpc) is 2.79. The van der Waals surface area contributed by atoms with E-state index in [1.54, 1.807) is 36.4 Å². The minimum atomic E-state index is -0.422. The first-order valence-electron chi connectivity index (χ1n) is 9.04. The second-order valence-corrected chi connectivity index (χ2v) is 6.84. The molecular formula is C23H16ClN3O3. The topological polar surface area (TPSA) is 85.2 Å². The van der Waals surface area contributed by atoms with Crippen LogP contribution < -0.4 is 0 Å². The van der Waals surface area contributed by atoms with Gasteiger partial charge in [-0.3, -0.25) is 0 Å². The summed E-state index contributed by atoms with van der Waals surface area (Å²) in [4.78, 5) is 25.4. The Labute approximate surface area is 177 Å². The van der Waals surface area contributed by atoms with Gasteiger partial charge in [0.25, 0.3) is 0 Å². The van der Waals surface area contributed by atoms with Crippen molar-refractivity contribution >= 4 is 17.6 Å². The van der Waals surface area contributed by atoms with Crippen LogP contribution in [-0.4, -0.2) is 33.1 Å². The lowest BCUT2D eigenvalue weighted by Crippen LogP contribution is -2.02. The summed E-state index contributed by atoms with van der Waals surface area (Å²) in [5, 5.41) is 10.8. The van der Waals surface area contributed by atoms with Crippen LogP contribution in [0, 0.1) is 0 Å². The lowest BCUT2D eigenvalue weighted by molar-refractivity contribution is 0.0600. The number of rotatable bonds is 4. The quantitative estimate of drug-likeness (QED) is 0.469. The molecule has 4 aromatic rings. The number of aromatic hydroxyl groups is 1. The van der Waals surface area contributed by atoms with Gasteiger partial charge in [0.2, 0.25) is 0 Å². The molecule has 148 valence electrons. The molecule has 0 spiro atoms. The zero-order valence-electron chi connectivity index (χ0n) is 15.9. The van der Waals surface area contributed by atoms with Gasteiger partial charge in [-0.2, -0.15) is 0 Å². The number of ether oxygens (including phenoxy) is 1. The number of esters is 1. The Bertz CT molecular complexity index is 1210. The monoisotopic (exact) mass is 417 g/mol. The van der Waals surface area contributed by atoms with Crippen molar-refractivity contribution in [1.29, 1.82) is 0 Å². The van der Waals surface area contributed by atoms with Crippen molar-refractivity contribution in [2.45, 2.75) is 0 Å². The fourth-order valence-corrected chi connectivity index (χ4v) is 3.08. The van der Waals surface area contributed by atoms with E-state index in [4.69, 9.17) is 16.3 Å². The number of benzene rings is 3. The molecule has 7 heteroatoms. The molecule has 0 saturated carbocycles. The summed E-state index contributed by atoms with van der Waals surface area (Å²) < 4.78 is 4.74. The van der Waals surface area contributed by atoms with E-state index >= 15 is 0 Å². The number of hydrogen-bond acceptors (Lipinski definition) is 6. The molecular weight excluding hydrogens is 402 g/mol. The molecule has 30 heavy (non-hydrogen) atoms. The summed E-state index contributed by atoms with van der Waals surface area (Å²) in [5.41, 5.74) is 2.36. The molecule has 6 nitrogen and oxygen atoms in total. The van der Waals surface area contributed by atoms with Crippen LogP contribution in [0.2, 0.25) is 5.02 Å². The summed E-state index contributed by atoms with van der Waals surface area (Å²) >= 11 is 5.96. The number of halogens is 1. The summed E-state index contributed by atoms with van der Waals surface area (Å²) in [5.74, 6) is 0.727. The van der Waals surface area contributed by atoms with Crippen LogP contribution in [0.15, 0.2) is 72.8 Å². The minimum absolute atomic E-state index is 0.0281. The van der Waals surface area contributed by atoms with Crippen molar-refractivity contribution in [1.82, 2.24) is 15.0 Å². The third kappa shape index (κ3) is 3.99. The molecule has 0 unspecified atom stereocenters. The molecule has 0 amide bonds. The molecule has 0 saturated heterocycles. The Balaban J connectivity index is 1.87. The Kier molecular flexibility index (Phi) is 5.41. The van der Waals surface area contributed by atoms with E-state index in [0.717, 1.165) is 5.56 Å². The summed E-state index contributed by atoms with van der Waals surface area (Å²) in [6.45, 7) is 0. The number of aromatic nitrogens is 3. The zero-order valence-corrected chi connectivity index (χ0v) is 16.7. The van der Waals surface area contributed by atoms with Crippen molar-refractivity contribution in [2.75, 3.05) is 7.11 Å². The van der Waals surface area contributed by atoms with Gasteiger partial charge in [0, 0.05) is 16.1 Å². The minimum Gasteiger partial charge on any atom is -0.507 e. The predicted molar refractivity (Wildman–Crippen MR) is 114 cm³/mol. The van der Waals surface area contributed by atoms with E-state index in [1.807, 2.05) is 30.3 Å². The van der Waals surface area contributed by atoms with E-state index in [-0.39, 0.29) is 5.75 Å². The molecule has 0 bridgehead atoms. The van der Waals surface area contributed by atoms with Crippen LogP contribution in [0.3, 0.4) is 0 Å². The predicted octanol–water partition coefficient (Wildman–Crippen LogP) is 5.02. The molecule has 0 atom stereocenters. The standard InChI is InChI=1S/C23H16ClN3O3/c1-30-23(29)16-9-7-15(8-10-16)21-25-20(14-5-3-2-4-6-14)26-22(27-21)18-12-11-17(24)13-19(18)28/h2-13,28H,1H3. The number of phenolic OH excluding ortho intramolecular Hbond substituents is 1. The second-order valence-electron chi connectivity index (χ2n) is 6.40. The highest BCUT2D eigenvalue weighted by atomic mass is 35.5. The van der Waals surface area contributed by atoms with Gasteiger partial charge in [0.15, 0.2) is 17.5 Å². The van der Waals surface area contributed by atoms with Gasteiger partial charge in [0.05, 0.1) is 18.2 Å². The number of methoxy groups -OCH3 is 1. The molecule has 0 aliphatic rings. The first-order chi connectivity index (χ1) is 14.5. The van der Waals surface area contributed by atoms with Gasteiger partial charge in [-0.25, -0.2) is 19.7 Å². The largest absolute Gasteiger partial charge is 0.507 e. The first kappa shape index (κ1) is 19.5. The Morgan fingerprint density at radius 1 is 0.833 bits per heavy atom. The summed E-state index contributed by atoms with van der Waals surface area (Å²) in [6.07, 6.45) is 0. The van der Waals surface area contributed by atoms with Gasteiger partial charge in [-0.05, 0) is 30.3 Å². The highest BCUT2D eigenvalue weighted by Gasteiger charge is 2.15. The van der Waals surface area contributed by atoms with Gasteiger partial charge in [-0.1, -0.05) is 54.1 Å². The summed E-state index contributed by atoms with van der Waals surface area (Å²) in [6, 6.07) is 21.0. The number of phenols is 1. The summed E-state index contributed by atoms with van der Waals surface area (Å²) in [7, 11) is 1.33. The maximum absolute atomic E-state index is 11.7. The van der Waals surface area contributed by atoms with E-state index in [2.05, 4.69) is 15.0 Å². The molecule has 1 aromatic heterocycles.